The molecule has 1 amide bonds. The number of amides is 1. The van der Waals surface area contributed by atoms with E-state index in [1.165, 1.54) is 6.92 Å². The molecule has 2 N–H and O–H groups in total. The van der Waals surface area contributed by atoms with Gasteiger partial charge in [0.2, 0.25) is 5.91 Å². The van der Waals surface area contributed by atoms with Crippen LogP contribution in [0.3, 0.4) is 0 Å². The molecule has 1 aromatic carbocycles. The predicted octanol–water partition coefficient (Wildman–Crippen LogP) is 1.52. The van der Waals surface area contributed by atoms with E-state index in [4.69, 9.17) is 5.11 Å². The van der Waals surface area contributed by atoms with Gasteiger partial charge >= 0.3 is 5.97 Å². The van der Waals surface area contributed by atoms with E-state index < -0.39 is 12.0 Å². The smallest absolute Gasteiger partial charge is 0.325 e. The summed E-state index contributed by atoms with van der Waals surface area (Å²) < 4.78 is 0. The van der Waals surface area contributed by atoms with Crippen molar-refractivity contribution in [2.45, 2.75) is 32.7 Å². The summed E-state index contributed by atoms with van der Waals surface area (Å²) in [6, 6.07) is 7.02. The molecule has 1 atom stereocenters. The van der Waals surface area contributed by atoms with Gasteiger partial charge in [-0.15, -0.1) is 0 Å². The quantitative estimate of drug-likeness (QED) is 0.813. The highest BCUT2D eigenvalue weighted by Crippen LogP contribution is 2.09. The second-order valence-electron chi connectivity index (χ2n) is 4.05. The van der Waals surface area contributed by atoms with E-state index in [1.54, 1.807) is 0 Å². The number of carbonyl (C=O) groups excluding carboxylic acids is 1. The first-order valence-electron chi connectivity index (χ1n) is 5.57. The van der Waals surface area contributed by atoms with Crippen LogP contribution in [0.5, 0.6) is 0 Å². The van der Waals surface area contributed by atoms with Crippen molar-refractivity contribution in [2.75, 3.05) is 0 Å². The van der Waals surface area contributed by atoms with E-state index in [-0.39, 0.29) is 5.91 Å². The fourth-order valence-electron chi connectivity index (χ4n) is 1.51. The molecule has 0 saturated carbocycles. The molecule has 0 heterocycles. The van der Waals surface area contributed by atoms with Gasteiger partial charge in [-0.2, -0.15) is 0 Å². The Kier molecular flexibility index (Phi) is 4.69. The van der Waals surface area contributed by atoms with Crippen LogP contribution in [0.2, 0.25) is 0 Å². The van der Waals surface area contributed by atoms with Crippen molar-refractivity contribution in [3.05, 3.63) is 35.4 Å². The number of carboxylic acids is 1. The number of hydrogen-bond acceptors (Lipinski definition) is 2. The molecule has 17 heavy (non-hydrogen) atoms. The molecule has 1 aromatic rings. The maximum atomic E-state index is 11.5. The molecule has 1 unspecified atom stereocenters. The molecule has 0 aromatic heterocycles. The van der Waals surface area contributed by atoms with E-state index in [0.29, 0.717) is 12.8 Å². The van der Waals surface area contributed by atoms with Crippen LogP contribution in [0.25, 0.3) is 0 Å². The molecule has 0 bridgehead atoms. The Hall–Kier alpha value is -1.84. The van der Waals surface area contributed by atoms with Crippen LogP contribution < -0.4 is 5.32 Å². The summed E-state index contributed by atoms with van der Waals surface area (Å²) in [5.41, 5.74) is 2.26. The summed E-state index contributed by atoms with van der Waals surface area (Å²) in [5.74, 6) is -1.25. The van der Waals surface area contributed by atoms with Gasteiger partial charge in [-0.05, 0) is 31.4 Å². The summed E-state index contributed by atoms with van der Waals surface area (Å²) in [6.45, 7) is 3.45. The fraction of sp³-hybridized carbons (Fsp3) is 0.385. The third-order valence-corrected chi connectivity index (χ3v) is 2.63. The maximum Gasteiger partial charge on any atom is 0.325 e. The lowest BCUT2D eigenvalue weighted by molar-refractivity contribution is -0.141. The Morgan fingerprint density at radius 2 is 2.00 bits per heavy atom. The third-order valence-electron chi connectivity index (χ3n) is 2.63. The van der Waals surface area contributed by atoms with Crippen molar-refractivity contribution in [3.8, 4) is 0 Å². The lowest BCUT2D eigenvalue weighted by Gasteiger charge is -2.09. The van der Waals surface area contributed by atoms with Gasteiger partial charge in [0.1, 0.15) is 6.04 Å². The zero-order chi connectivity index (χ0) is 12.8. The lowest BCUT2D eigenvalue weighted by atomic mass is 10.0. The molecular weight excluding hydrogens is 218 g/mol. The second kappa shape index (κ2) is 6.03. The van der Waals surface area contributed by atoms with Gasteiger partial charge in [0, 0.05) is 6.42 Å². The molecule has 0 fully saturated rings. The van der Waals surface area contributed by atoms with E-state index in [0.717, 1.165) is 11.1 Å². The Morgan fingerprint density at radius 1 is 1.35 bits per heavy atom. The van der Waals surface area contributed by atoms with Crippen LogP contribution in [0.1, 0.15) is 24.5 Å². The number of rotatable bonds is 5. The molecule has 4 heteroatoms. The van der Waals surface area contributed by atoms with Gasteiger partial charge in [-0.1, -0.05) is 24.3 Å². The van der Waals surface area contributed by atoms with Crippen molar-refractivity contribution in [1.82, 2.24) is 5.32 Å². The fourth-order valence-corrected chi connectivity index (χ4v) is 1.51. The van der Waals surface area contributed by atoms with Crippen molar-refractivity contribution >= 4 is 11.9 Å². The minimum atomic E-state index is -1.02. The highest BCUT2D eigenvalue weighted by molar-refractivity contribution is 5.83. The molecule has 0 aliphatic rings. The molecule has 92 valence electrons. The van der Waals surface area contributed by atoms with E-state index in [9.17, 15) is 9.59 Å². The zero-order valence-electron chi connectivity index (χ0n) is 10.1. The number of aryl methyl sites for hydroxylation is 2. The average Bonchev–Trinajstić information content (AvgIpc) is 2.27. The van der Waals surface area contributed by atoms with Crippen LogP contribution in [-0.2, 0) is 16.0 Å². The van der Waals surface area contributed by atoms with Gasteiger partial charge < -0.3 is 10.4 Å². The molecular formula is C13H17NO3. The van der Waals surface area contributed by atoms with E-state index >= 15 is 0 Å². The van der Waals surface area contributed by atoms with Crippen molar-refractivity contribution < 1.29 is 14.7 Å². The molecule has 0 aliphatic carbocycles. The molecule has 0 aliphatic heterocycles. The highest BCUT2D eigenvalue weighted by atomic mass is 16.4. The van der Waals surface area contributed by atoms with Crippen LogP contribution in [-0.4, -0.2) is 23.0 Å². The minimum absolute atomic E-state index is 0.233. The number of carboxylic acid groups (broad SMARTS) is 1. The molecule has 1 rings (SSSR count). The molecule has 4 nitrogen and oxygen atoms in total. The molecule has 0 saturated heterocycles. The predicted molar refractivity (Wildman–Crippen MR) is 64.7 cm³/mol. The van der Waals surface area contributed by atoms with Gasteiger partial charge in [-0.25, -0.2) is 0 Å². The van der Waals surface area contributed by atoms with Crippen LogP contribution in [0, 0.1) is 6.92 Å². The van der Waals surface area contributed by atoms with Crippen molar-refractivity contribution in [2.24, 2.45) is 0 Å². The number of benzene rings is 1. The zero-order valence-corrected chi connectivity index (χ0v) is 10.1. The van der Waals surface area contributed by atoms with Gasteiger partial charge in [0.05, 0.1) is 0 Å². The van der Waals surface area contributed by atoms with Crippen LogP contribution >= 0.6 is 0 Å². The monoisotopic (exact) mass is 235 g/mol. The molecule has 0 spiro atoms. The Balaban J connectivity index is 2.44. The van der Waals surface area contributed by atoms with E-state index in [1.807, 2.05) is 31.2 Å². The van der Waals surface area contributed by atoms with Gasteiger partial charge in [0.25, 0.3) is 0 Å². The number of hydrogen-bond donors (Lipinski definition) is 2. The van der Waals surface area contributed by atoms with Gasteiger partial charge in [-0.3, -0.25) is 9.59 Å². The summed E-state index contributed by atoms with van der Waals surface area (Å²) in [6.07, 6.45) is 0.938. The van der Waals surface area contributed by atoms with Gasteiger partial charge in [0.15, 0.2) is 0 Å². The highest BCUT2D eigenvalue weighted by Gasteiger charge is 2.13. The first-order chi connectivity index (χ1) is 8.00. The Morgan fingerprint density at radius 3 is 2.59 bits per heavy atom. The SMILES string of the molecule is Cc1ccccc1CCC(=O)NC(C)C(=O)O. The first kappa shape index (κ1) is 13.2. The average molecular weight is 235 g/mol. The first-order valence-corrected chi connectivity index (χ1v) is 5.57. The maximum absolute atomic E-state index is 11.5. The largest absolute Gasteiger partial charge is 0.480 e. The topological polar surface area (TPSA) is 66.4 Å². The normalized spacial score (nSPS) is 11.9. The number of nitrogens with one attached hydrogen (secondary N) is 1. The summed E-state index contributed by atoms with van der Waals surface area (Å²) in [4.78, 5) is 22.0. The second-order valence-corrected chi connectivity index (χ2v) is 4.05. The lowest BCUT2D eigenvalue weighted by Crippen LogP contribution is -2.38. The summed E-state index contributed by atoms with van der Waals surface area (Å²) in [5, 5.41) is 11.1. The Bertz CT molecular complexity index is 415. The van der Waals surface area contributed by atoms with E-state index in [2.05, 4.69) is 5.32 Å². The third kappa shape index (κ3) is 4.26. The Labute approximate surface area is 101 Å². The number of carbonyl (C=O) groups is 2. The van der Waals surface area contributed by atoms with Crippen LogP contribution in [0.4, 0.5) is 0 Å². The van der Waals surface area contributed by atoms with Crippen LogP contribution in [0.15, 0.2) is 24.3 Å². The van der Waals surface area contributed by atoms with Crippen molar-refractivity contribution in [3.63, 3.8) is 0 Å². The molecule has 0 radical (unpaired) electrons. The summed E-state index contributed by atoms with van der Waals surface area (Å²) >= 11 is 0. The minimum Gasteiger partial charge on any atom is -0.480 e. The number of aliphatic carboxylic acids is 1. The van der Waals surface area contributed by atoms with Crippen molar-refractivity contribution in [1.29, 1.82) is 0 Å². The summed E-state index contributed by atoms with van der Waals surface area (Å²) in [7, 11) is 0. The standard InChI is InChI=1S/C13H17NO3/c1-9-5-3-4-6-11(9)7-8-12(15)14-10(2)13(16)17/h3-6,10H,7-8H2,1-2H3,(H,14,15)(H,16,17).